The van der Waals surface area contributed by atoms with Crippen LogP contribution in [0.2, 0.25) is 0 Å². The normalized spacial score (nSPS) is 15.2. The minimum absolute atomic E-state index is 0.113. The van der Waals surface area contributed by atoms with Crippen LogP contribution in [0.15, 0.2) is 60.2 Å². The molecule has 6 nitrogen and oxygen atoms in total. The van der Waals surface area contributed by atoms with Crippen LogP contribution in [0.1, 0.15) is 82.9 Å². The molecule has 0 saturated carbocycles. The fraction of sp³-hybridized carbons (Fsp3) is 0.556. The summed E-state index contributed by atoms with van der Waals surface area (Å²) in [6.45, 7) is 15.7. The van der Waals surface area contributed by atoms with Crippen LogP contribution in [0.25, 0.3) is 0 Å². The van der Waals surface area contributed by atoms with Gasteiger partial charge in [0.25, 0.3) is 0 Å². The average Bonchev–Trinajstić information content (AvgIpc) is 3.31. The second-order valence-corrected chi connectivity index (χ2v) is 11.9. The zero-order valence-corrected chi connectivity index (χ0v) is 27.2. The fourth-order valence-corrected chi connectivity index (χ4v) is 4.72. The molecular formula is C36H54O6. The summed E-state index contributed by atoms with van der Waals surface area (Å²) >= 11 is 0. The molecule has 2 aromatic rings. The molecule has 6 heteroatoms. The first-order valence-electron chi connectivity index (χ1n) is 15.2. The van der Waals surface area contributed by atoms with Crippen molar-refractivity contribution in [3.63, 3.8) is 0 Å². The topological polar surface area (TPSA) is 82.1 Å². The van der Waals surface area contributed by atoms with Crippen LogP contribution in [0.5, 0.6) is 5.75 Å². The molecule has 0 radical (unpaired) electrons. The molecular weight excluding hydrogens is 528 g/mol. The molecule has 0 amide bonds. The number of hydrogen-bond acceptors (Lipinski definition) is 6. The van der Waals surface area contributed by atoms with Crippen LogP contribution in [0.3, 0.4) is 0 Å². The molecule has 1 unspecified atom stereocenters. The molecule has 1 N–H and O–H groups in total. The van der Waals surface area contributed by atoms with E-state index in [2.05, 4.69) is 65.8 Å². The van der Waals surface area contributed by atoms with E-state index < -0.39 is 0 Å². The van der Waals surface area contributed by atoms with Crippen LogP contribution in [-0.4, -0.2) is 43.5 Å². The van der Waals surface area contributed by atoms with Crippen molar-refractivity contribution in [1.82, 2.24) is 0 Å². The number of ether oxygens (including phenoxy) is 3. The summed E-state index contributed by atoms with van der Waals surface area (Å²) < 4.78 is 16.4. The third kappa shape index (κ3) is 16.4. The molecule has 1 saturated heterocycles. The lowest BCUT2D eigenvalue weighted by atomic mass is 9.86. The number of benzene rings is 2. The summed E-state index contributed by atoms with van der Waals surface area (Å²) in [6.07, 6.45) is 6.25. The SMILES string of the molecule is CO.Cc1ccc(C)cc1.Cc1ccc(OCCCC(=O)OCC2C/C(=C\CC(CC(C)C)CC(C)C)C(=O)O2)cc1. The van der Waals surface area contributed by atoms with Crippen LogP contribution < -0.4 is 4.74 Å². The third-order valence-electron chi connectivity index (χ3n) is 6.75. The number of hydrogen-bond donors (Lipinski definition) is 1. The van der Waals surface area contributed by atoms with Crippen molar-refractivity contribution in [3.05, 3.63) is 76.9 Å². The van der Waals surface area contributed by atoms with Gasteiger partial charge in [0.15, 0.2) is 0 Å². The summed E-state index contributed by atoms with van der Waals surface area (Å²) in [7, 11) is 1.00. The summed E-state index contributed by atoms with van der Waals surface area (Å²) in [6, 6.07) is 16.3. The smallest absolute Gasteiger partial charge is 0.334 e. The van der Waals surface area contributed by atoms with Crippen LogP contribution in [0.4, 0.5) is 0 Å². The van der Waals surface area contributed by atoms with Crippen molar-refractivity contribution in [2.24, 2.45) is 17.8 Å². The summed E-state index contributed by atoms with van der Waals surface area (Å²) in [5.74, 6) is 2.09. The molecule has 0 bridgehead atoms. The molecule has 2 aromatic carbocycles. The van der Waals surface area contributed by atoms with Gasteiger partial charge in [0, 0.05) is 25.5 Å². The van der Waals surface area contributed by atoms with E-state index in [0.29, 0.717) is 37.2 Å². The van der Waals surface area contributed by atoms with Crippen LogP contribution in [-0.2, 0) is 19.1 Å². The molecule has 1 fully saturated rings. The molecule has 0 spiro atoms. The number of carbonyl (C=O) groups excluding carboxylic acids is 2. The molecule has 1 aliphatic heterocycles. The molecule has 1 atom stereocenters. The Balaban J connectivity index is 0.000000748. The van der Waals surface area contributed by atoms with E-state index in [1.165, 1.54) is 16.7 Å². The van der Waals surface area contributed by atoms with Crippen molar-refractivity contribution in [1.29, 1.82) is 0 Å². The Morgan fingerprint density at radius 2 is 1.40 bits per heavy atom. The summed E-state index contributed by atoms with van der Waals surface area (Å²) in [5.41, 5.74) is 4.55. The first-order valence-corrected chi connectivity index (χ1v) is 15.2. The molecule has 1 heterocycles. The Morgan fingerprint density at radius 1 is 0.905 bits per heavy atom. The van der Waals surface area contributed by atoms with Gasteiger partial charge in [-0.25, -0.2) is 4.79 Å². The largest absolute Gasteiger partial charge is 0.494 e. The minimum Gasteiger partial charge on any atom is -0.494 e. The van der Waals surface area contributed by atoms with Crippen molar-refractivity contribution in [2.45, 2.75) is 93.1 Å². The number of carbonyl (C=O) groups is 2. The zero-order valence-electron chi connectivity index (χ0n) is 27.2. The number of allylic oxidation sites excluding steroid dienone is 1. The minimum atomic E-state index is -0.379. The van der Waals surface area contributed by atoms with Gasteiger partial charge in [-0.2, -0.15) is 0 Å². The first-order chi connectivity index (χ1) is 20.0. The number of aryl methyl sites for hydroxylation is 3. The summed E-state index contributed by atoms with van der Waals surface area (Å²) in [4.78, 5) is 24.2. The highest BCUT2D eigenvalue weighted by Crippen LogP contribution is 2.27. The van der Waals surface area contributed by atoms with Gasteiger partial charge in [0.2, 0.25) is 0 Å². The predicted octanol–water partition coefficient (Wildman–Crippen LogP) is 7.95. The summed E-state index contributed by atoms with van der Waals surface area (Å²) in [5, 5.41) is 7.00. The van der Waals surface area contributed by atoms with E-state index in [4.69, 9.17) is 19.3 Å². The number of aliphatic hydroxyl groups is 1. The van der Waals surface area contributed by atoms with E-state index in [1.807, 2.05) is 37.3 Å². The van der Waals surface area contributed by atoms with Gasteiger partial charge in [0.1, 0.15) is 18.5 Å². The highest BCUT2D eigenvalue weighted by atomic mass is 16.6. The van der Waals surface area contributed by atoms with Crippen LogP contribution >= 0.6 is 0 Å². The van der Waals surface area contributed by atoms with Gasteiger partial charge in [-0.05, 0) is 76.3 Å². The van der Waals surface area contributed by atoms with Crippen LogP contribution in [0, 0.1) is 38.5 Å². The molecule has 3 rings (SSSR count). The third-order valence-corrected chi connectivity index (χ3v) is 6.75. The van der Waals surface area contributed by atoms with E-state index >= 15 is 0 Å². The maximum atomic E-state index is 12.2. The second-order valence-electron chi connectivity index (χ2n) is 11.9. The van der Waals surface area contributed by atoms with Gasteiger partial charge < -0.3 is 19.3 Å². The lowest BCUT2D eigenvalue weighted by Crippen LogP contribution is -2.18. The fourth-order valence-electron chi connectivity index (χ4n) is 4.72. The van der Waals surface area contributed by atoms with Gasteiger partial charge in [0.05, 0.1) is 6.61 Å². The van der Waals surface area contributed by atoms with E-state index in [0.717, 1.165) is 37.7 Å². The Hall–Kier alpha value is -3.12. The number of rotatable bonds is 13. The first kappa shape index (κ1) is 36.9. The zero-order chi connectivity index (χ0) is 31.5. The number of aliphatic hydroxyl groups excluding tert-OH is 1. The van der Waals surface area contributed by atoms with E-state index in [9.17, 15) is 9.59 Å². The maximum absolute atomic E-state index is 12.2. The monoisotopic (exact) mass is 582 g/mol. The molecule has 234 valence electrons. The molecule has 42 heavy (non-hydrogen) atoms. The van der Waals surface area contributed by atoms with Gasteiger partial charge in [-0.3, -0.25) is 4.79 Å². The maximum Gasteiger partial charge on any atom is 0.334 e. The lowest BCUT2D eigenvalue weighted by Gasteiger charge is -2.19. The van der Waals surface area contributed by atoms with Crippen molar-refractivity contribution >= 4 is 11.9 Å². The molecule has 0 aliphatic carbocycles. The Kier molecular flexibility index (Phi) is 18.2. The van der Waals surface area contributed by atoms with Crippen molar-refractivity contribution in [3.8, 4) is 5.75 Å². The standard InChI is InChI=1S/C27H40O5.C8H10.CH4O/c1-19(2)15-22(16-20(3)4)10-11-23-17-25(32-27(23)29)18-31-26(28)7-6-14-30-24-12-8-21(5)9-13-24;1-7-3-5-8(2)6-4-7;1-2/h8-9,11-13,19-20,22,25H,6-7,10,14-18H2,1-5H3;3-6H,1-2H3;2H,1H3/b23-11+;;. The van der Waals surface area contributed by atoms with E-state index in [-0.39, 0.29) is 31.1 Å². The van der Waals surface area contributed by atoms with Crippen molar-refractivity contribution in [2.75, 3.05) is 20.3 Å². The lowest BCUT2D eigenvalue weighted by molar-refractivity contribution is -0.152. The Bertz CT molecular complexity index is 1020. The van der Waals surface area contributed by atoms with Gasteiger partial charge in [-0.1, -0.05) is 86.9 Å². The van der Waals surface area contributed by atoms with Gasteiger partial charge >= 0.3 is 11.9 Å². The highest BCUT2D eigenvalue weighted by Gasteiger charge is 2.30. The molecule has 1 aliphatic rings. The van der Waals surface area contributed by atoms with Gasteiger partial charge in [-0.15, -0.1) is 0 Å². The number of esters is 2. The van der Waals surface area contributed by atoms with E-state index in [1.54, 1.807) is 0 Å². The average molecular weight is 583 g/mol. The van der Waals surface area contributed by atoms with Crippen molar-refractivity contribution < 1.29 is 28.9 Å². The quantitative estimate of drug-likeness (QED) is 0.147. The highest BCUT2D eigenvalue weighted by molar-refractivity contribution is 5.90. The molecule has 0 aromatic heterocycles. The number of cyclic esters (lactones) is 1. The predicted molar refractivity (Wildman–Crippen MR) is 171 cm³/mol. The Labute approximate surface area is 254 Å². The second kappa shape index (κ2) is 20.7. The Morgan fingerprint density at radius 3 is 1.90 bits per heavy atom.